The van der Waals surface area contributed by atoms with Gasteiger partial charge in [-0.2, -0.15) is 0 Å². The first-order valence-electron chi connectivity index (χ1n) is 9.59. The molecule has 1 N–H and O–H groups in total. The maximum atomic E-state index is 13.9. The Kier molecular flexibility index (Phi) is 7.04. The van der Waals surface area contributed by atoms with Gasteiger partial charge in [-0.1, -0.05) is 18.2 Å². The monoisotopic (exact) mass is 450 g/mol. The average molecular weight is 451 g/mol. The highest BCUT2D eigenvalue weighted by Gasteiger charge is 2.29. The lowest BCUT2D eigenvalue weighted by molar-refractivity contribution is -0.132. The quantitative estimate of drug-likeness (QED) is 0.658. The Morgan fingerprint density at radius 2 is 2.03 bits per heavy atom. The van der Waals surface area contributed by atoms with Gasteiger partial charge in [0.1, 0.15) is 5.82 Å². The van der Waals surface area contributed by atoms with Crippen molar-refractivity contribution in [3.8, 4) is 10.4 Å². The van der Waals surface area contributed by atoms with Crippen LogP contribution in [0.3, 0.4) is 0 Å². The average Bonchev–Trinajstić information content (AvgIpc) is 3.30. The molecule has 1 unspecified atom stereocenters. The molecule has 2 amide bonds. The number of carbonyl (C=O) groups excluding carboxylic acids is 2. The van der Waals surface area contributed by atoms with E-state index in [0.29, 0.717) is 18.5 Å². The molecule has 160 valence electrons. The highest BCUT2D eigenvalue weighted by molar-refractivity contribution is 7.91. The van der Waals surface area contributed by atoms with Gasteiger partial charge in [-0.15, -0.1) is 11.3 Å². The largest absolute Gasteiger partial charge is 0.351 e. The molecule has 0 aliphatic carbocycles. The molecule has 1 atom stereocenters. The molecule has 0 radical (unpaired) electrons. The summed E-state index contributed by atoms with van der Waals surface area (Å²) in [5.41, 5.74) is 0.509. The summed E-state index contributed by atoms with van der Waals surface area (Å²) in [5, 5.41) is 2.69. The number of carbonyl (C=O) groups is 2. The summed E-state index contributed by atoms with van der Waals surface area (Å²) < 4.78 is 36.9. The summed E-state index contributed by atoms with van der Waals surface area (Å²) in [4.78, 5) is 27.6. The van der Waals surface area contributed by atoms with E-state index in [1.54, 1.807) is 43.3 Å². The van der Waals surface area contributed by atoms with Crippen molar-refractivity contribution in [2.75, 3.05) is 24.6 Å². The fraction of sp³-hybridized carbons (Fsp3) is 0.333. The molecule has 9 heteroatoms. The van der Waals surface area contributed by atoms with Crippen LogP contribution in [0.2, 0.25) is 0 Å². The summed E-state index contributed by atoms with van der Waals surface area (Å²) in [6.45, 7) is 1.96. The van der Waals surface area contributed by atoms with Gasteiger partial charge >= 0.3 is 0 Å². The Hall–Kier alpha value is -2.52. The lowest BCUT2D eigenvalue weighted by atomic mass is 10.2. The van der Waals surface area contributed by atoms with Crippen LogP contribution < -0.4 is 5.32 Å². The molecule has 1 aliphatic rings. The summed E-state index contributed by atoms with van der Waals surface area (Å²) in [7, 11) is -3.08. The van der Waals surface area contributed by atoms with E-state index in [1.807, 2.05) is 0 Å². The first kappa shape index (κ1) is 22.2. The Morgan fingerprint density at radius 3 is 2.70 bits per heavy atom. The van der Waals surface area contributed by atoms with Crippen molar-refractivity contribution in [1.29, 1.82) is 0 Å². The third kappa shape index (κ3) is 5.76. The summed E-state index contributed by atoms with van der Waals surface area (Å²) in [5.74, 6) is -0.982. The number of rotatable bonds is 7. The van der Waals surface area contributed by atoms with E-state index in [9.17, 15) is 22.4 Å². The molecule has 2 aromatic rings. The fourth-order valence-electron chi connectivity index (χ4n) is 3.21. The van der Waals surface area contributed by atoms with Gasteiger partial charge in [-0.05, 0) is 37.6 Å². The second kappa shape index (κ2) is 9.53. The van der Waals surface area contributed by atoms with E-state index >= 15 is 0 Å². The number of benzene rings is 1. The smallest absolute Gasteiger partial charge is 0.247 e. The van der Waals surface area contributed by atoms with Crippen molar-refractivity contribution in [2.45, 2.75) is 19.4 Å². The van der Waals surface area contributed by atoms with E-state index < -0.39 is 15.9 Å². The molecule has 0 saturated carbocycles. The van der Waals surface area contributed by atoms with Crippen LogP contribution in [0.25, 0.3) is 16.5 Å². The van der Waals surface area contributed by atoms with Crippen molar-refractivity contribution >= 4 is 39.1 Å². The summed E-state index contributed by atoms with van der Waals surface area (Å²) in [6, 6.07) is 9.71. The second-order valence-corrected chi connectivity index (χ2v) is 10.4. The number of nitrogens with zero attached hydrogens (tertiary/aromatic N) is 1. The lowest BCUT2D eigenvalue weighted by Crippen LogP contribution is -2.44. The van der Waals surface area contributed by atoms with Crippen molar-refractivity contribution in [2.24, 2.45) is 0 Å². The van der Waals surface area contributed by atoms with Gasteiger partial charge in [0.25, 0.3) is 0 Å². The van der Waals surface area contributed by atoms with E-state index in [0.717, 1.165) is 9.75 Å². The topological polar surface area (TPSA) is 83.6 Å². The normalized spacial score (nSPS) is 17.9. The van der Waals surface area contributed by atoms with Gasteiger partial charge < -0.3 is 10.2 Å². The van der Waals surface area contributed by atoms with Crippen molar-refractivity contribution < 1.29 is 22.4 Å². The van der Waals surface area contributed by atoms with Crippen LogP contribution in [0, 0.1) is 5.82 Å². The molecule has 0 spiro atoms. The van der Waals surface area contributed by atoms with Crippen molar-refractivity contribution in [3.63, 3.8) is 0 Å². The van der Waals surface area contributed by atoms with Gasteiger partial charge in [0.15, 0.2) is 9.84 Å². The predicted molar refractivity (Wildman–Crippen MR) is 116 cm³/mol. The molecule has 1 aliphatic heterocycles. The van der Waals surface area contributed by atoms with Gasteiger partial charge in [0.05, 0.1) is 18.1 Å². The maximum absolute atomic E-state index is 13.9. The number of sulfone groups is 1. The zero-order chi connectivity index (χ0) is 21.7. The highest BCUT2D eigenvalue weighted by atomic mass is 32.2. The first-order chi connectivity index (χ1) is 14.3. The standard InChI is InChI=1S/C21H23FN2O4S2/c1-2-24(13-20(25)23-15-11-12-30(27,28)14-15)21(26)10-8-16-7-9-19(29-16)17-5-3-4-6-18(17)22/h3-10,15H,2,11-14H2,1H3,(H,23,25). The first-order valence-corrected chi connectivity index (χ1v) is 12.2. The molecule has 1 fully saturated rings. The Bertz CT molecular complexity index is 1060. The zero-order valence-electron chi connectivity index (χ0n) is 16.5. The molecule has 1 aromatic heterocycles. The Labute approximate surface area is 179 Å². The molecule has 3 rings (SSSR count). The number of hydrogen-bond acceptors (Lipinski definition) is 5. The molecule has 6 nitrogen and oxygen atoms in total. The predicted octanol–water partition coefficient (Wildman–Crippen LogP) is 2.72. The summed E-state index contributed by atoms with van der Waals surface area (Å²) in [6.07, 6.45) is 3.42. The minimum absolute atomic E-state index is 0.0541. The van der Waals surface area contributed by atoms with Crippen molar-refractivity contribution in [1.82, 2.24) is 10.2 Å². The van der Waals surface area contributed by atoms with Crippen LogP contribution in [0.4, 0.5) is 4.39 Å². The van der Waals surface area contributed by atoms with Crippen LogP contribution in [0.15, 0.2) is 42.5 Å². The van der Waals surface area contributed by atoms with Crippen LogP contribution in [0.5, 0.6) is 0 Å². The van der Waals surface area contributed by atoms with Crippen LogP contribution in [-0.2, 0) is 19.4 Å². The molecular weight excluding hydrogens is 427 g/mol. The molecule has 1 aromatic carbocycles. The Morgan fingerprint density at radius 1 is 1.27 bits per heavy atom. The van der Waals surface area contributed by atoms with Crippen LogP contribution >= 0.6 is 11.3 Å². The number of hydrogen-bond donors (Lipinski definition) is 1. The number of halogens is 1. The van der Waals surface area contributed by atoms with Crippen LogP contribution in [0.1, 0.15) is 18.2 Å². The number of likely N-dealkylation sites (N-methyl/N-ethyl adjacent to an activating group) is 1. The number of amides is 2. The Balaban J connectivity index is 1.58. The number of nitrogens with one attached hydrogen (secondary N) is 1. The maximum Gasteiger partial charge on any atom is 0.247 e. The second-order valence-electron chi connectivity index (χ2n) is 7.04. The van der Waals surface area contributed by atoms with Gasteiger partial charge in [0.2, 0.25) is 11.8 Å². The van der Waals surface area contributed by atoms with E-state index in [-0.39, 0.29) is 35.7 Å². The lowest BCUT2D eigenvalue weighted by Gasteiger charge is -2.20. The third-order valence-electron chi connectivity index (χ3n) is 4.78. The van der Waals surface area contributed by atoms with Gasteiger partial charge in [0, 0.05) is 34.0 Å². The molecule has 2 heterocycles. The fourth-order valence-corrected chi connectivity index (χ4v) is 5.82. The van der Waals surface area contributed by atoms with Gasteiger partial charge in [-0.25, -0.2) is 12.8 Å². The SMILES string of the molecule is CCN(CC(=O)NC1CCS(=O)(=O)C1)C(=O)C=Cc1ccc(-c2ccccc2F)s1. The van der Waals surface area contributed by atoms with Crippen LogP contribution in [-0.4, -0.2) is 55.8 Å². The van der Waals surface area contributed by atoms with E-state index in [2.05, 4.69) is 5.32 Å². The minimum atomic E-state index is -3.08. The van der Waals surface area contributed by atoms with Crippen molar-refractivity contribution in [3.05, 3.63) is 53.2 Å². The van der Waals surface area contributed by atoms with E-state index in [1.165, 1.54) is 28.4 Å². The molecular formula is C21H23FN2O4S2. The molecule has 1 saturated heterocycles. The molecule has 30 heavy (non-hydrogen) atoms. The number of thiophene rings is 1. The molecule has 0 bridgehead atoms. The zero-order valence-corrected chi connectivity index (χ0v) is 18.1. The summed E-state index contributed by atoms with van der Waals surface area (Å²) >= 11 is 1.36. The highest BCUT2D eigenvalue weighted by Crippen LogP contribution is 2.30. The van der Waals surface area contributed by atoms with Gasteiger partial charge in [-0.3, -0.25) is 9.59 Å². The van der Waals surface area contributed by atoms with E-state index in [4.69, 9.17) is 0 Å². The third-order valence-corrected chi connectivity index (χ3v) is 7.63. The minimum Gasteiger partial charge on any atom is -0.351 e.